The maximum atomic E-state index is 10.7. The van der Waals surface area contributed by atoms with Crippen molar-refractivity contribution in [2.75, 3.05) is 0 Å². The van der Waals surface area contributed by atoms with Gasteiger partial charge in [-0.1, -0.05) is 12.1 Å². The lowest BCUT2D eigenvalue weighted by Gasteiger charge is -1.98. The second-order valence-corrected chi connectivity index (χ2v) is 4.26. The van der Waals surface area contributed by atoms with Gasteiger partial charge in [-0.05, 0) is 37.0 Å². The quantitative estimate of drug-likeness (QED) is 0.697. The molecule has 0 N–H and O–H groups in total. The summed E-state index contributed by atoms with van der Waals surface area (Å²) < 4.78 is 5.57. The molecule has 15 heavy (non-hydrogen) atoms. The average molecular weight is 200 g/mol. The summed E-state index contributed by atoms with van der Waals surface area (Å²) in [6.45, 7) is 1.95. The Morgan fingerprint density at radius 3 is 3.07 bits per heavy atom. The number of benzene rings is 1. The van der Waals surface area contributed by atoms with Gasteiger partial charge in [0.2, 0.25) is 0 Å². The van der Waals surface area contributed by atoms with Crippen molar-refractivity contribution in [2.45, 2.75) is 19.3 Å². The third-order valence-electron chi connectivity index (χ3n) is 3.13. The average Bonchev–Trinajstić information content (AvgIpc) is 2.91. The molecule has 76 valence electrons. The second kappa shape index (κ2) is 2.96. The molecular formula is C13H12O2. The van der Waals surface area contributed by atoms with Crippen LogP contribution in [0.4, 0.5) is 0 Å². The highest BCUT2D eigenvalue weighted by molar-refractivity contribution is 5.83. The number of hydrogen-bond acceptors (Lipinski definition) is 2. The van der Waals surface area contributed by atoms with E-state index < -0.39 is 0 Å². The Bertz CT molecular complexity index is 524. The van der Waals surface area contributed by atoms with Gasteiger partial charge >= 0.3 is 0 Å². The standard InChI is InChI=1S/C13H12O2/c1-8-5-12-10(11-6-9(11)7-14)3-2-4-13(12)15-8/h2-5,7,9,11H,6H2,1H3. The van der Waals surface area contributed by atoms with E-state index in [1.54, 1.807) is 0 Å². The van der Waals surface area contributed by atoms with E-state index in [-0.39, 0.29) is 5.92 Å². The van der Waals surface area contributed by atoms with Gasteiger partial charge in [0.15, 0.2) is 0 Å². The summed E-state index contributed by atoms with van der Waals surface area (Å²) >= 11 is 0. The van der Waals surface area contributed by atoms with Crippen molar-refractivity contribution in [3.05, 3.63) is 35.6 Å². The highest BCUT2D eigenvalue weighted by atomic mass is 16.3. The van der Waals surface area contributed by atoms with Crippen LogP contribution in [0.5, 0.6) is 0 Å². The minimum absolute atomic E-state index is 0.228. The molecule has 2 heteroatoms. The lowest BCUT2D eigenvalue weighted by Crippen LogP contribution is -1.84. The van der Waals surface area contributed by atoms with Gasteiger partial charge in [-0.2, -0.15) is 0 Å². The highest BCUT2D eigenvalue weighted by Gasteiger charge is 2.39. The van der Waals surface area contributed by atoms with Gasteiger partial charge in [-0.25, -0.2) is 0 Å². The smallest absolute Gasteiger partial charge is 0.134 e. The number of hydrogen-bond donors (Lipinski definition) is 0. The van der Waals surface area contributed by atoms with Gasteiger partial charge < -0.3 is 9.21 Å². The van der Waals surface area contributed by atoms with Crippen molar-refractivity contribution >= 4 is 17.3 Å². The highest BCUT2D eigenvalue weighted by Crippen LogP contribution is 2.48. The monoisotopic (exact) mass is 200 g/mol. The van der Waals surface area contributed by atoms with E-state index in [4.69, 9.17) is 4.42 Å². The number of carbonyl (C=O) groups is 1. The molecule has 0 spiro atoms. The fourth-order valence-electron chi connectivity index (χ4n) is 2.26. The summed E-state index contributed by atoms with van der Waals surface area (Å²) in [5.74, 6) is 1.58. The van der Waals surface area contributed by atoms with Crippen LogP contribution in [0.25, 0.3) is 11.0 Å². The first-order valence-corrected chi connectivity index (χ1v) is 5.24. The van der Waals surface area contributed by atoms with Crippen molar-refractivity contribution in [1.82, 2.24) is 0 Å². The largest absolute Gasteiger partial charge is 0.461 e. The molecule has 2 nitrogen and oxygen atoms in total. The Kier molecular flexibility index (Phi) is 1.72. The fourth-order valence-corrected chi connectivity index (χ4v) is 2.26. The zero-order valence-corrected chi connectivity index (χ0v) is 8.57. The van der Waals surface area contributed by atoms with E-state index in [2.05, 4.69) is 12.1 Å². The molecule has 1 fully saturated rings. The number of carbonyl (C=O) groups excluding carboxylic acids is 1. The first-order valence-electron chi connectivity index (χ1n) is 5.24. The molecule has 2 unspecified atom stereocenters. The molecule has 0 aliphatic heterocycles. The van der Waals surface area contributed by atoms with E-state index in [1.807, 2.05) is 19.1 Å². The van der Waals surface area contributed by atoms with Gasteiger partial charge in [-0.3, -0.25) is 0 Å². The minimum atomic E-state index is 0.228. The molecule has 0 bridgehead atoms. The van der Waals surface area contributed by atoms with E-state index in [9.17, 15) is 4.79 Å². The molecule has 1 aliphatic rings. The Balaban J connectivity index is 2.14. The lowest BCUT2D eigenvalue weighted by molar-refractivity contribution is -0.108. The van der Waals surface area contributed by atoms with E-state index in [0.717, 1.165) is 24.1 Å². The van der Waals surface area contributed by atoms with Crippen LogP contribution in [0.15, 0.2) is 28.7 Å². The van der Waals surface area contributed by atoms with Crippen LogP contribution in [-0.4, -0.2) is 6.29 Å². The third-order valence-corrected chi connectivity index (χ3v) is 3.13. The summed E-state index contributed by atoms with van der Waals surface area (Å²) in [5.41, 5.74) is 2.20. The van der Waals surface area contributed by atoms with Crippen molar-refractivity contribution in [3.8, 4) is 0 Å². The number of furan rings is 1. The fraction of sp³-hybridized carbons (Fsp3) is 0.308. The lowest BCUT2D eigenvalue weighted by atomic mass is 10.0. The van der Waals surface area contributed by atoms with Crippen LogP contribution in [0, 0.1) is 12.8 Å². The van der Waals surface area contributed by atoms with E-state index in [0.29, 0.717) is 5.92 Å². The van der Waals surface area contributed by atoms with E-state index in [1.165, 1.54) is 10.9 Å². The SMILES string of the molecule is Cc1cc2c(C3CC3C=O)cccc2o1. The first-order chi connectivity index (χ1) is 7.29. The number of rotatable bonds is 2. The predicted molar refractivity (Wildman–Crippen MR) is 57.9 cm³/mol. The third kappa shape index (κ3) is 1.29. The molecule has 3 rings (SSSR count). The van der Waals surface area contributed by atoms with Crippen LogP contribution in [0.3, 0.4) is 0 Å². The summed E-state index contributed by atoms with van der Waals surface area (Å²) in [5, 5.41) is 1.17. The second-order valence-electron chi connectivity index (χ2n) is 4.26. The molecular weight excluding hydrogens is 188 g/mol. The molecule has 1 saturated carbocycles. The normalized spacial score (nSPS) is 24.3. The summed E-state index contributed by atoms with van der Waals surface area (Å²) in [4.78, 5) is 10.7. The molecule has 0 amide bonds. The molecule has 1 aromatic heterocycles. The molecule has 1 aliphatic carbocycles. The molecule has 1 aromatic carbocycles. The molecule has 2 atom stereocenters. The van der Waals surface area contributed by atoms with Crippen molar-refractivity contribution in [1.29, 1.82) is 0 Å². The molecule has 1 heterocycles. The number of aldehydes is 1. The maximum absolute atomic E-state index is 10.7. The predicted octanol–water partition coefficient (Wildman–Crippen LogP) is 3.04. The Hall–Kier alpha value is -1.57. The van der Waals surface area contributed by atoms with E-state index >= 15 is 0 Å². The Morgan fingerprint density at radius 2 is 2.33 bits per heavy atom. The Labute approximate surface area is 87.9 Å². The van der Waals surface area contributed by atoms with Gasteiger partial charge in [0.1, 0.15) is 17.6 Å². The molecule has 0 saturated heterocycles. The van der Waals surface area contributed by atoms with Crippen molar-refractivity contribution < 1.29 is 9.21 Å². The van der Waals surface area contributed by atoms with Gasteiger partial charge in [0.25, 0.3) is 0 Å². The van der Waals surface area contributed by atoms with Crippen LogP contribution in [-0.2, 0) is 4.79 Å². The minimum Gasteiger partial charge on any atom is -0.461 e. The van der Waals surface area contributed by atoms with Crippen molar-refractivity contribution in [2.24, 2.45) is 5.92 Å². The maximum Gasteiger partial charge on any atom is 0.134 e. The van der Waals surface area contributed by atoms with Gasteiger partial charge in [0.05, 0.1) is 0 Å². The van der Waals surface area contributed by atoms with Crippen LogP contribution in [0.1, 0.15) is 23.7 Å². The van der Waals surface area contributed by atoms with Crippen LogP contribution in [0.2, 0.25) is 0 Å². The van der Waals surface area contributed by atoms with Crippen molar-refractivity contribution in [3.63, 3.8) is 0 Å². The number of aryl methyl sites for hydroxylation is 1. The summed E-state index contributed by atoms with van der Waals surface area (Å²) in [6.07, 6.45) is 2.06. The molecule has 0 radical (unpaired) electrons. The Morgan fingerprint density at radius 1 is 1.47 bits per heavy atom. The zero-order chi connectivity index (χ0) is 10.4. The summed E-state index contributed by atoms with van der Waals surface area (Å²) in [6, 6.07) is 8.14. The van der Waals surface area contributed by atoms with Gasteiger partial charge in [-0.15, -0.1) is 0 Å². The summed E-state index contributed by atoms with van der Waals surface area (Å²) in [7, 11) is 0. The molecule has 2 aromatic rings. The first kappa shape index (κ1) is 8.72. The number of fused-ring (bicyclic) bond motifs is 1. The van der Waals surface area contributed by atoms with Gasteiger partial charge in [0, 0.05) is 11.3 Å². The zero-order valence-electron chi connectivity index (χ0n) is 8.57. The topological polar surface area (TPSA) is 30.2 Å². The van der Waals surface area contributed by atoms with Crippen LogP contribution < -0.4 is 0 Å². The van der Waals surface area contributed by atoms with Crippen LogP contribution >= 0.6 is 0 Å².